The molecule has 1 aromatic carbocycles. The van der Waals surface area contributed by atoms with E-state index in [1.807, 2.05) is 18.4 Å². The van der Waals surface area contributed by atoms with Crippen LogP contribution >= 0.6 is 11.3 Å². The first kappa shape index (κ1) is 16.9. The van der Waals surface area contributed by atoms with Crippen molar-refractivity contribution in [3.63, 3.8) is 0 Å². The van der Waals surface area contributed by atoms with Crippen LogP contribution in [0.3, 0.4) is 0 Å². The minimum atomic E-state index is -0.123. The summed E-state index contributed by atoms with van der Waals surface area (Å²) < 4.78 is 7.53. The highest BCUT2D eigenvalue weighted by atomic mass is 32.1. The number of nitrogens with one attached hydrogen (secondary N) is 1. The normalized spacial score (nSPS) is 10.6. The smallest absolute Gasteiger partial charge is 0.265 e. The Morgan fingerprint density at radius 1 is 1.19 bits per heavy atom. The lowest BCUT2D eigenvalue weighted by molar-refractivity contribution is 0.103. The van der Waals surface area contributed by atoms with Crippen LogP contribution in [0, 0.1) is 6.92 Å². The number of nitrogens with zero attached hydrogens (tertiary/aromatic N) is 4. The zero-order valence-electron chi connectivity index (χ0n) is 14.4. The van der Waals surface area contributed by atoms with Crippen LogP contribution in [0.2, 0.25) is 0 Å². The van der Waals surface area contributed by atoms with E-state index < -0.39 is 0 Å². The van der Waals surface area contributed by atoms with Gasteiger partial charge in [0, 0.05) is 24.1 Å². The molecule has 1 amide bonds. The van der Waals surface area contributed by atoms with E-state index in [1.54, 1.807) is 53.6 Å². The van der Waals surface area contributed by atoms with Crippen LogP contribution in [0.15, 0.2) is 66.8 Å². The number of imidazole rings is 1. The predicted molar refractivity (Wildman–Crippen MR) is 103 cm³/mol. The van der Waals surface area contributed by atoms with Crippen molar-refractivity contribution in [2.24, 2.45) is 0 Å². The van der Waals surface area contributed by atoms with Crippen LogP contribution < -0.4 is 10.1 Å². The van der Waals surface area contributed by atoms with Crippen LogP contribution in [0.5, 0.6) is 11.6 Å². The van der Waals surface area contributed by atoms with Gasteiger partial charge in [-0.15, -0.1) is 11.3 Å². The van der Waals surface area contributed by atoms with Gasteiger partial charge in [0.25, 0.3) is 5.91 Å². The number of carbonyl (C=O) groups is 1. The molecule has 3 aromatic heterocycles. The van der Waals surface area contributed by atoms with Crippen LogP contribution in [0.25, 0.3) is 5.82 Å². The molecule has 134 valence electrons. The number of hydrogen-bond donors (Lipinski definition) is 1. The van der Waals surface area contributed by atoms with Gasteiger partial charge in [0.1, 0.15) is 24.2 Å². The van der Waals surface area contributed by atoms with E-state index >= 15 is 0 Å². The molecular formula is C19H15N5O2S. The third-order valence-electron chi connectivity index (χ3n) is 3.69. The molecule has 1 N–H and O–H groups in total. The van der Waals surface area contributed by atoms with E-state index in [0.717, 1.165) is 5.56 Å². The first-order valence-corrected chi connectivity index (χ1v) is 9.00. The summed E-state index contributed by atoms with van der Waals surface area (Å²) in [6, 6.07) is 10.7. The fourth-order valence-electron chi connectivity index (χ4n) is 2.39. The van der Waals surface area contributed by atoms with Crippen molar-refractivity contribution in [1.29, 1.82) is 0 Å². The van der Waals surface area contributed by atoms with E-state index in [0.29, 0.717) is 28.0 Å². The second kappa shape index (κ2) is 7.38. The summed E-state index contributed by atoms with van der Waals surface area (Å²) in [6.07, 6.45) is 6.55. The summed E-state index contributed by atoms with van der Waals surface area (Å²) in [5.41, 5.74) is 1.77. The molecule has 0 unspecified atom stereocenters. The number of ether oxygens (including phenoxy) is 1. The van der Waals surface area contributed by atoms with Crippen molar-refractivity contribution in [3.05, 3.63) is 77.3 Å². The van der Waals surface area contributed by atoms with Gasteiger partial charge < -0.3 is 10.1 Å². The number of hydrogen-bond acceptors (Lipinski definition) is 6. The fraction of sp³-hybridized carbons (Fsp3) is 0.0526. The molecule has 0 aliphatic rings. The Morgan fingerprint density at radius 3 is 2.74 bits per heavy atom. The summed E-state index contributed by atoms with van der Waals surface area (Å²) in [6.45, 7) is 1.96. The van der Waals surface area contributed by atoms with Crippen LogP contribution in [-0.4, -0.2) is 25.4 Å². The van der Waals surface area contributed by atoms with Gasteiger partial charge in [-0.05, 0) is 48.2 Å². The monoisotopic (exact) mass is 377 g/mol. The Hall–Kier alpha value is -3.52. The minimum absolute atomic E-state index is 0.123. The van der Waals surface area contributed by atoms with Crippen molar-refractivity contribution >= 4 is 22.9 Å². The lowest BCUT2D eigenvalue weighted by Crippen LogP contribution is -2.09. The molecule has 0 saturated heterocycles. The quantitative estimate of drug-likeness (QED) is 0.567. The molecule has 0 aliphatic carbocycles. The zero-order chi connectivity index (χ0) is 18.6. The summed E-state index contributed by atoms with van der Waals surface area (Å²) in [7, 11) is 0. The second-order valence-electron chi connectivity index (χ2n) is 5.75. The average Bonchev–Trinajstić information content (AvgIpc) is 3.35. The van der Waals surface area contributed by atoms with E-state index in [-0.39, 0.29) is 5.91 Å². The molecule has 0 fully saturated rings. The Bertz CT molecular complexity index is 1060. The summed E-state index contributed by atoms with van der Waals surface area (Å²) in [5.74, 6) is 1.56. The van der Waals surface area contributed by atoms with E-state index in [2.05, 4.69) is 20.3 Å². The lowest BCUT2D eigenvalue weighted by atomic mass is 10.3. The van der Waals surface area contributed by atoms with Gasteiger partial charge in [0.2, 0.25) is 5.88 Å². The topological polar surface area (TPSA) is 81.9 Å². The number of benzene rings is 1. The number of amides is 1. The molecule has 0 aliphatic heterocycles. The Morgan fingerprint density at radius 2 is 2.04 bits per heavy atom. The average molecular weight is 377 g/mol. The third kappa shape index (κ3) is 4.01. The Labute approximate surface area is 159 Å². The molecule has 7 nitrogen and oxygen atoms in total. The van der Waals surface area contributed by atoms with Gasteiger partial charge >= 0.3 is 0 Å². The zero-order valence-corrected chi connectivity index (χ0v) is 15.2. The van der Waals surface area contributed by atoms with Crippen molar-refractivity contribution in [2.75, 3.05) is 5.32 Å². The van der Waals surface area contributed by atoms with Crippen molar-refractivity contribution < 1.29 is 9.53 Å². The van der Waals surface area contributed by atoms with Gasteiger partial charge in [0.15, 0.2) is 0 Å². The third-order valence-corrected chi connectivity index (χ3v) is 4.73. The molecule has 0 spiro atoms. The van der Waals surface area contributed by atoms with E-state index in [1.165, 1.54) is 17.7 Å². The van der Waals surface area contributed by atoms with Crippen molar-refractivity contribution in [1.82, 2.24) is 19.5 Å². The molecule has 0 saturated carbocycles. The van der Waals surface area contributed by atoms with Gasteiger partial charge in [-0.25, -0.2) is 15.0 Å². The molecule has 8 heteroatoms. The summed E-state index contributed by atoms with van der Waals surface area (Å²) in [5, 5.41) is 4.82. The molecule has 3 heterocycles. The summed E-state index contributed by atoms with van der Waals surface area (Å²) in [4.78, 5) is 25.2. The minimum Gasteiger partial charge on any atom is -0.439 e. The molecule has 4 aromatic rings. The molecular weight excluding hydrogens is 362 g/mol. The first-order valence-electron chi connectivity index (χ1n) is 8.12. The van der Waals surface area contributed by atoms with Crippen LogP contribution in [0.4, 0.5) is 5.69 Å². The number of carbonyl (C=O) groups excluding carboxylic acids is 1. The van der Waals surface area contributed by atoms with Crippen LogP contribution in [-0.2, 0) is 0 Å². The highest BCUT2D eigenvalue weighted by molar-refractivity contribution is 7.12. The van der Waals surface area contributed by atoms with Crippen molar-refractivity contribution in [2.45, 2.75) is 6.92 Å². The molecule has 4 rings (SSSR count). The Kier molecular flexibility index (Phi) is 4.63. The van der Waals surface area contributed by atoms with Crippen LogP contribution in [0.1, 0.15) is 15.2 Å². The van der Waals surface area contributed by atoms with Gasteiger partial charge in [-0.2, -0.15) is 0 Å². The molecule has 0 bridgehead atoms. The number of anilines is 1. The lowest BCUT2D eigenvalue weighted by Gasteiger charge is -2.08. The highest BCUT2D eigenvalue weighted by Gasteiger charge is 2.09. The Balaban J connectivity index is 1.44. The fourth-order valence-corrected chi connectivity index (χ4v) is 3.18. The molecule has 0 radical (unpaired) electrons. The number of aryl methyl sites for hydroxylation is 1. The second-order valence-corrected chi connectivity index (χ2v) is 6.66. The standard InChI is InChI=1S/C19H15N5O2S/c1-13-8-16(27-10-13)19(25)23-14-2-4-15(5-3-14)26-18-9-17(21-11-22-18)24-7-6-20-12-24/h2-12H,1H3,(H,23,25). The number of aromatic nitrogens is 4. The highest BCUT2D eigenvalue weighted by Crippen LogP contribution is 2.23. The number of thiophene rings is 1. The first-order chi connectivity index (χ1) is 13.2. The molecule has 0 atom stereocenters. The number of rotatable bonds is 5. The van der Waals surface area contributed by atoms with Crippen molar-refractivity contribution in [3.8, 4) is 17.4 Å². The SMILES string of the molecule is Cc1csc(C(=O)Nc2ccc(Oc3cc(-n4ccnc4)ncn3)cc2)c1. The maximum absolute atomic E-state index is 12.2. The van der Waals surface area contributed by atoms with Gasteiger partial charge in [-0.1, -0.05) is 0 Å². The predicted octanol–water partition coefficient (Wildman–Crippen LogP) is 4.08. The van der Waals surface area contributed by atoms with Gasteiger partial charge in [-0.3, -0.25) is 9.36 Å². The summed E-state index contributed by atoms with van der Waals surface area (Å²) >= 11 is 1.42. The molecule has 27 heavy (non-hydrogen) atoms. The maximum atomic E-state index is 12.2. The van der Waals surface area contributed by atoms with Gasteiger partial charge in [0.05, 0.1) is 4.88 Å². The maximum Gasteiger partial charge on any atom is 0.265 e. The van der Waals surface area contributed by atoms with E-state index in [9.17, 15) is 4.79 Å². The largest absolute Gasteiger partial charge is 0.439 e. The van der Waals surface area contributed by atoms with E-state index in [4.69, 9.17) is 4.74 Å².